The molecule has 1 aliphatic carbocycles. The average Bonchev–Trinajstić information content (AvgIpc) is 2.41. The molecule has 1 saturated carbocycles. The maximum atomic E-state index is 12.3. The van der Waals surface area contributed by atoms with Crippen LogP contribution in [0.5, 0.6) is 5.75 Å². The van der Waals surface area contributed by atoms with E-state index in [1.807, 2.05) is 0 Å². The third-order valence-electron chi connectivity index (χ3n) is 3.54. The van der Waals surface area contributed by atoms with Crippen LogP contribution < -0.4 is 15.8 Å². The summed E-state index contributed by atoms with van der Waals surface area (Å²) in [5.74, 6) is 0.341. The quantitative estimate of drug-likeness (QED) is 0.894. The first-order valence-electron chi connectivity index (χ1n) is 6.52. The Hall–Kier alpha value is -1.26. The highest BCUT2D eigenvalue weighted by molar-refractivity contribution is 6.31. The van der Waals surface area contributed by atoms with Gasteiger partial charge in [-0.05, 0) is 31.0 Å². The molecule has 0 bridgehead atoms. The van der Waals surface area contributed by atoms with E-state index in [2.05, 4.69) is 5.32 Å². The first-order chi connectivity index (χ1) is 9.11. The van der Waals surface area contributed by atoms with E-state index in [1.165, 1.54) is 7.11 Å². The van der Waals surface area contributed by atoms with Crippen molar-refractivity contribution in [2.45, 2.75) is 37.8 Å². The lowest BCUT2D eigenvalue weighted by atomic mass is 9.91. The molecule has 0 spiro atoms. The molecule has 19 heavy (non-hydrogen) atoms. The number of amides is 1. The fraction of sp³-hybridized carbons (Fsp3) is 0.500. The van der Waals surface area contributed by atoms with Crippen molar-refractivity contribution in [2.75, 3.05) is 7.11 Å². The van der Waals surface area contributed by atoms with Crippen molar-refractivity contribution in [3.05, 3.63) is 28.8 Å². The number of nitrogens with two attached hydrogens (primary N) is 1. The van der Waals surface area contributed by atoms with Crippen LogP contribution in [0.4, 0.5) is 0 Å². The van der Waals surface area contributed by atoms with Crippen molar-refractivity contribution in [3.8, 4) is 5.75 Å². The summed E-state index contributed by atoms with van der Waals surface area (Å²) in [6.07, 6.45) is 4.12. The van der Waals surface area contributed by atoms with Gasteiger partial charge < -0.3 is 15.8 Å². The Labute approximate surface area is 118 Å². The number of benzene rings is 1. The smallest absolute Gasteiger partial charge is 0.255 e. The Morgan fingerprint density at radius 2 is 2.16 bits per heavy atom. The summed E-state index contributed by atoms with van der Waals surface area (Å²) >= 11 is 5.93. The molecule has 2 rings (SSSR count). The predicted molar refractivity (Wildman–Crippen MR) is 75.7 cm³/mol. The molecule has 1 aromatic carbocycles. The lowest BCUT2D eigenvalue weighted by Gasteiger charge is -2.29. The fourth-order valence-electron chi connectivity index (χ4n) is 2.44. The minimum absolute atomic E-state index is 0.0304. The minimum atomic E-state index is -0.179. The van der Waals surface area contributed by atoms with Gasteiger partial charge in [-0.1, -0.05) is 24.4 Å². The molecule has 2 atom stereocenters. The van der Waals surface area contributed by atoms with Gasteiger partial charge in [-0.15, -0.1) is 0 Å². The van der Waals surface area contributed by atoms with Gasteiger partial charge in [0.05, 0.1) is 12.7 Å². The predicted octanol–water partition coefficient (Wildman–Crippen LogP) is 2.35. The molecule has 1 fully saturated rings. The molecule has 0 aromatic heterocycles. The molecule has 0 aliphatic heterocycles. The van der Waals surface area contributed by atoms with Gasteiger partial charge in [-0.25, -0.2) is 0 Å². The lowest BCUT2D eigenvalue weighted by Crippen LogP contribution is -2.49. The second-order valence-electron chi connectivity index (χ2n) is 4.87. The van der Waals surface area contributed by atoms with Crippen molar-refractivity contribution >= 4 is 17.5 Å². The summed E-state index contributed by atoms with van der Waals surface area (Å²) in [6, 6.07) is 5.07. The van der Waals surface area contributed by atoms with Crippen molar-refractivity contribution in [3.63, 3.8) is 0 Å². The second kappa shape index (κ2) is 6.26. The van der Waals surface area contributed by atoms with E-state index in [1.54, 1.807) is 18.2 Å². The number of ether oxygens (including phenoxy) is 1. The largest absolute Gasteiger partial charge is 0.496 e. The summed E-state index contributed by atoms with van der Waals surface area (Å²) in [4.78, 5) is 12.3. The fourth-order valence-corrected chi connectivity index (χ4v) is 2.61. The van der Waals surface area contributed by atoms with E-state index in [0.29, 0.717) is 16.3 Å². The summed E-state index contributed by atoms with van der Waals surface area (Å²) in [5.41, 5.74) is 6.49. The maximum Gasteiger partial charge on any atom is 0.255 e. The van der Waals surface area contributed by atoms with E-state index >= 15 is 0 Å². The monoisotopic (exact) mass is 282 g/mol. The van der Waals surface area contributed by atoms with Gasteiger partial charge in [0, 0.05) is 17.1 Å². The molecule has 0 unspecified atom stereocenters. The van der Waals surface area contributed by atoms with Gasteiger partial charge in [-0.3, -0.25) is 4.79 Å². The van der Waals surface area contributed by atoms with Crippen LogP contribution in [-0.2, 0) is 0 Å². The van der Waals surface area contributed by atoms with E-state index in [-0.39, 0.29) is 18.0 Å². The van der Waals surface area contributed by atoms with E-state index in [4.69, 9.17) is 22.1 Å². The SMILES string of the molecule is COc1ccc(Cl)cc1C(=O)N[C@@H]1CCCC[C@H]1N. The zero-order valence-corrected chi connectivity index (χ0v) is 11.7. The Kier molecular flexibility index (Phi) is 4.66. The van der Waals surface area contributed by atoms with Crippen molar-refractivity contribution < 1.29 is 9.53 Å². The third kappa shape index (κ3) is 3.39. The van der Waals surface area contributed by atoms with Crippen LogP contribution >= 0.6 is 11.6 Å². The molecule has 1 amide bonds. The molecule has 0 heterocycles. The molecule has 104 valence electrons. The van der Waals surface area contributed by atoms with Crippen LogP contribution in [0.3, 0.4) is 0 Å². The number of carbonyl (C=O) groups is 1. The summed E-state index contributed by atoms with van der Waals surface area (Å²) < 4.78 is 5.19. The van der Waals surface area contributed by atoms with Crippen LogP contribution in [0.2, 0.25) is 5.02 Å². The Bertz CT molecular complexity index is 465. The first-order valence-corrected chi connectivity index (χ1v) is 6.89. The Morgan fingerprint density at radius 1 is 1.42 bits per heavy atom. The van der Waals surface area contributed by atoms with E-state index in [0.717, 1.165) is 25.7 Å². The number of methoxy groups -OCH3 is 1. The van der Waals surface area contributed by atoms with Crippen molar-refractivity contribution in [1.29, 1.82) is 0 Å². The lowest BCUT2D eigenvalue weighted by molar-refractivity contribution is 0.0918. The standard InChI is InChI=1S/C14H19ClN2O2/c1-19-13-7-6-9(15)8-10(13)14(18)17-12-5-3-2-4-11(12)16/h6-8,11-12H,2-5,16H2,1H3,(H,17,18)/t11-,12-/m1/s1. The number of carbonyl (C=O) groups excluding carboxylic acids is 1. The molecule has 1 aliphatic rings. The van der Waals surface area contributed by atoms with Gasteiger partial charge in [-0.2, -0.15) is 0 Å². The number of hydrogen-bond donors (Lipinski definition) is 2. The minimum Gasteiger partial charge on any atom is -0.496 e. The van der Waals surface area contributed by atoms with Crippen LogP contribution in [0, 0.1) is 0 Å². The second-order valence-corrected chi connectivity index (χ2v) is 5.31. The molecule has 3 N–H and O–H groups in total. The van der Waals surface area contributed by atoms with Crippen LogP contribution in [0.25, 0.3) is 0 Å². The van der Waals surface area contributed by atoms with E-state index < -0.39 is 0 Å². The number of nitrogens with one attached hydrogen (secondary N) is 1. The number of halogens is 1. The molecule has 0 saturated heterocycles. The van der Waals surface area contributed by atoms with Gasteiger partial charge >= 0.3 is 0 Å². The average molecular weight is 283 g/mol. The number of rotatable bonds is 3. The maximum absolute atomic E-state index is 12.3. The van der Waals surface area contributed by atoms with E-state index in [9.17, 15) is 4.79 Å². The highest BCUT2D eigenvalue weighted by Gasteiger charge is 2.24. The van der Waals surface area contributed by atoms with Crippen molar-refractivity contribution in [2.24, 2.45) is 5.73 Å². The molecule has 1 aromatic rings. The normalized spacial score (nSPS) is 22.9. The third-order valence-corrected chi connectivity index (χ3v) is 3.78. The zero-order chi connectivity index (χ0) is 13.8. The summed E-state index contributed by atoms with van der Waals surface area (Å²) in [5, 5.41) is 3.50. The summed E-state index contributed by atoms with van der Waals surface area (Å²) in [6.45, 7) is 0. The summed E-state index contributed by atoms with van der Waals surface area (Å²) in [7, 11) is 1.53. The Morgan fingerprint density at radius 3 is 2.84 bits per heavy atom. The molecule has 4 nitrogen and oxygen atoms in total. The van der Waals surface area contributed by atoms with Gasteiger partial charge in [0.15, 0.2) is 0 Å². The highest BCUT2D eigenvalue weighted by atomic mass is 35.5. The van der Waals surface area contributed by atoms with Crippen LogP contribution in [0.15, 0.2) is 18.2 Å². The van der Waals surface area contributed by atoms with Gasteiger partial charge in [0.1, 0.15) is 5.75 Å². The first kappa shape index (κ1) is 14.2. The van der Waals surface area contributed by atoms with Gasteiger partial charge in [0.2, 0.25) is 0 Å². The number of hydrogen-bond acceptors (Lipinski definition) is 3. The van der Waals surface area contributed by atoms with Crippen LogP contribution in [-0.4, -0.2) is 25.1 Å². The molecular formula is C14H19ClN2O2. The highest BCUT2D eigenvalue weighted by Crippen LogP contribution is 2.23. The molecule has 5 heteroatoms. The molecule has 0 radical (unpaired) electrons. The van der Waals surface area contributed by atoms with Crippen molar-refractivity contribution in [1.82, 2.24) is 5.32 Å². The Balaban J connectivity index is 2.13. The zero-order valence-electron chi connectivity index (χ0n) is 11.0. The topological polar surface area (TPSA) is 64.3 Å². The molecular weight excluding hydrogens is 264 g/mol. The van der Waals surface area contributed by atoms with Crippen LogP contribution in [0.1, 0.15) is 36.0 Å². The van der Waals surface area contributed by atoms with Gasteiger partial charge in [0.25, 0.3) is 5.91 Å².